The molecule has 0 bridgehead atoms. The van der Waals surface area contributed by atoms with Crippen molar-refractivity contribution in [3.8, 4) is 5.75 Å². The van der Waals surface area contributed by atoms with E-state index >= 15 is 0 Å². The smallest absolute Gasteiger partial charge is 0.459 e. The Labute approximate surface area is 224 Å². The van der Waals surface area contributed by atoms with Gasteiger partial charge in [-0.3, -0.25) is 23.7 Å². The minimum absolute atomic E-state index is 0.143. The summed E-state index contributed by atoms with van der Waals surface area (Å²) in [4.78, 5) is 36.8. The highest BCUT2D eigenvalue weighted by molar-refractivity contribution is 7.52. The zero-order valence-corrected chi connectivity index (χ0v) is 23.4. The molecular weight excluding hydrogens is 541 g/mol. The van der Waals surface area contributed by atoms with Gasteiger partial charge in [-0.1, -0.05) is 39.0 Å². The number of aliphatic hydroxyl groups excluding tert-OH is 1. The van der Waals surface area contributed by atoms with Crippen LogP contribution in [-0.2, 0) is 23.4 Å². The normalized spacial score (nSPS) is 25.9. The van der Waals surface area contributed by atoms with Gasteiger partial charge in [0, 0.05) is 12.3 Å². The predicted molar refractivity (Wildman–Crippen MR) is 139 cm³/mol. The van der Waals surface area contributed by atoms with Crippen molar-refractivity contribution in [2.45, 2.75) is 64.0 Å². The summed E-state index contributed by atoms with van der Waals surface area (Å²) in [6, 6.07) is 8.20. The number of hydrogen-bond donors (Lipinski definition) is 3. The van der Waals surface area contributed by atoms with Crippen molar-refractivity contribution < 1.29 is 33.0 Å². The molecule has 1 fully saturated rings. The molecule has 38 heavy (non-hydrogen) atoms. The van der Waals surface area contributed by atoms with E-state index in [-0.39, 0.29) is 17.8 Å². The second kappa shape index (κ2) is 11.7. The lowest BCUT2D eigenvalue weighted by Crippen LogP contribution is -2.43. The molecule has 14 heteroatoms. The number of carbonyl (C=O) groups is 1. The number of rotatable bonds is 10. The van der Waals surface area contributed by atoms with E-state index in [0.29, 0.717) is 0 Å². The molecule has 210 valence electrons. The van der Waals surface area contributed by atoms with Gasteiger partial charge in [-0.25, -0.2) is 9.36 Å². The highest BCUT2D eigenvalue weighted by Crippen LogP contribution is 2.48. The highest BCUT2D eigenvalue weighted by atomic mass is 35.5. The summed E-state index contributed by atoms with van der Waals surface area (Å²) in [6.45, 7) is 8.26. The van der Waals surface area contributed by atoms with Gasteiger partial charge in [0.15, 0.2) is 6.23 Å². The molecule has 6 atom stereocenters. The van der Waals surface area contributed by atoms with Crippen molar-refractivity contribution in [1.82, 2.24) is 14.6 Å². The molecule has 0 aliphatic carbocycles. The number of hydrogen-bond acceptors (Lipinski definition) is 9. The Morgan fingerprint density at radius 2 is 1.95 bits per heavy atom. The molecule has 0 saturated carbocycles. The fraction of sp³-hybridized carbons (Fsp3) is 0.542. The summed E-state index contributed by atoms with van der Waals surface area (Å²) in [5.41, 5.74) is -1.67. The van der Waals surface area contributed by atoms with Crippen LogP contribution in [0.4, 0.5) is 0 Å². The first-order valence-electron chi connectivity index (χ1n) is 11.9. The van der Waals surface area contributed by atoms with Crippen molar-refractivity contribution in [3.05, 3.63) is 63.4 Å². The predicted octanol–water partition coefficient (Wildman–Crippen LogP) is 2.56. The number of para-hydroxylation sites is 1. The molecular formula is C24H33ClN3O9P. The van der Waals surface area contributed by atoms with Crippen LogP contribution in [0.3, 0.4) is 0 Å². The first-order chi connectivity index (χ1) is 17.6. The van der Waals surface area contributed by atoms with Crippen molar-refractivity contribution in [2.24, 2.45) is 5.41 Å². The van der Waals surface area contributed by atoms with Gasteiger partial charge >= 0.3 is 19.4 Å². The molecule has 0 amide bonds. The molecule has 1 aliphatic heterocycles. The fourth-order valence-corrected chi connectivity index (χ4v) is 5.35. The average molecular weight is 574 g/mol. The Morgan fingerprint density at radius 3 is 2.55 bits per heavy atom. The topological polar surface area (TPSA) is 158 Å². The minimum Gasteiger partial charge on any atom is -0.464 e. The van der Waals surface area contributed by atoms with Gasteiger partial charge in [0.25, 0.3) is 5.56 Å². The van der Waals surface area contributed by atoms with Crippen LogP contribution in [0.5, 0.6) is 5.75 Å². The summed E-state index contributed by atoms with van der Waals surface area (Å²) in [5, 5.41) is 13.4. The second-order valence-corrected chi connectivity index (χ2v) is 12.9. The molecule has 1 unspecified atom stereocenters. The van der Waals surface area contributed by atoms with Crippen molar-refractivity contribution in [1.29, 1.82) is 0 Å². The highest BCUT2D eigenvalue weighted by Gasteiger charge is 2.54. The third-order valence-electron chi connectivity index (χ3n) is 5.55. The van der Waals surface area contributed by atoms with Gasteiger partial charge in [-0.15, -0.1) is 11.6 Å². The number of nitrogens with zero attached hydrogens (tertiary/aromatic N) is 1. The maximum Gasteiger partial charge on any atom is 0.459 e. The van der Waals surface area contributed by atoms with Crippen LogP contribution in [0.1, 0.15) is 40.8 Å². The Morgan fingerprint density at radius 1 is 1.29 bits per heavy atom. The Balaban J connectivity index is 1.78. The van der Waals surface area contributed by atoms with E-state index in [0.717, 1.165) is 10.6 Å². The molecule has 1 aliphatic rings. The van der Waals surface area contributed by atoms with E-state index in [2.05, 4.69) is 10.1 Å². The van der Waals surface area contributed by atoms with Crippen LogP contribution in [0.15, 0.2) is 52.2 Å². The Hall–Kier alpha value is -2.47. The number of halogens is 1. The third-order valence-corrected chi connectivity index (χ3v) is 7.61. The van der Waals surface area contributed by atoms with E-state index in [4.69, 9.17) is 30.1 Å². The van der Waals surface area contributed by atoms with E-state index in [1.54, 1.807) is 30.3 Å². The van der Waals surface area contributed by atoms with Crippen LogP contribution in [0.2, 0.25) is 0 Å². The SMILES string of the molecule is C[C@@H](NP(=O)(OC[C@H]1O[C@@H](n2ccc(=O)[nH]c2=O)[C@](C)(Cl)[C@@H]1O)Oc1ccccc1)C(=O)OCC(C)(C)C. The van der Waals surface area contributed by atoms with Crippen LogP contribution in [0, 0.1) is 5.41 Å². The van der Waals surface area contributed by atoms with Gasteiger partial charge in [-0.05, 0) is 31.4 Å². The molecule has 12 nitrogen and oxygen atoms in total. The molecule has 1 aromatic heterocycles. The molecule has 1 aromatic carbocycles. The van der Waals surface area contributed by atoms with E-state index < -0.39 is 60.9 Å². The van der Waals surface area contributed by atoms with Gasteiger partial charge in [-0.2, -0.15) is 5.09 Å². The van der Waals surface area contributed by atoms with Gasteiger partial charge in [0.1, 0.15) is 28.9 Å². The minimum atomic E-state index is -4.25. The van der Waals surface area contributed by atoms with E-state index in [9.17, 15) is 24.1 Å². The Bertz CT molecular complexity index is 1280. The van der Waals surface area contributed by atoms with Gasteiger partial charge in [0.2, 0.25) is 0 Å². The van der Waals surface area contributed by atoms with Crippen LogP contribution >= 0.6 is 19.3 Å². The molecule has 3 rings (SSSR count). The van der Waals surface area contributed by atoms with Gasteiger partial charge in [0.05, 0.1) is 13.2 Å². The Kier molecular flexibility index (Phi) is 9.28. The number of ether oxygens (including phenoxy) is 2. The number of aliphatic hydroxyl groups is 1. The molecule has 3 N–H and O–H groups in total. The number of carbonyl (C=O) groups excluding carboxylic acids is 1. The zero-order chi connectivity index (χ0) is 28.3. The van der Waals surface area contributed by atoms with Crippen molar-refractivity contribution in [3.63, 3.8) is 0 Å². The van der Waals surface area contributed by atoms with Crippen LogP contribution in [0.25, 0.3) is 0 Å². The summed E-state index contributed by atoms with van der Waals surface area (Å²) in [7, 11) is -4.25. The molecule has 2 aromatic rings. The van der Waals surface area contributed by atoms with E-state index in [1.807, 2.05) is 20.8 Å². The summed E-state index contributed by atoms with van der Waals surface area (Å²) < 4.78 is 37.1. The molecule has 0 spiro atoms. The van der Waals surface area contributed by atoms with Crippen molar-refractivity contribution in [2.75, 3.05) is 13.2 Å². The van der Waals surface area contributed by atoms with E-state index in [1.165, 1.54) is 20.0 Å². The molecule has 2 heterocycles. The maximum atomic E-state index is 13.7. The number of alkyl halides is 1. The number of aromatic amines is 1. The van der Waals surface area contributed by atoms with Crippen LogP contribution < -0.4 is 20.9 Å². The summed E-state index contributed by atoms with van der Waals surface area (Å²) >= 11 is 6.54. The maximum absolute atomic E-state index is 13.7. The average Bonchev–Trinajstić information content (AvgIpc) is 3.04. The quantitative estimate of drug-likeness (QED) is 0.219. The number of benzene rings is 1. The lowest BCUT2D eigenvalue weighted by molar-refractivity contribution is -0.148. The summed E-state index contributed by atoms with van der Waals surface area (Å²) in [5.74, 6) is -0.463. The monoisotopic (exact) mass is 573 g/mol. The number of nitrogens with one attached hydrogen (secondary N) is 2. The number of esters is 1. The fourth-order valence-electron chi connectivity index (χ4n) is 3.55. The standard InChI is InChI=1S/C24H33ClN3O9P/c1-15(20(31)34-14-23(2,3)4)27-38(33,37-16-9-7-6-8-10-16)35-13-17-19(30)24(5,25)21(36-17)28-12-11-18(29)26-22(28)32/h6-12,15,17,19,21,30H,13-14H2,1-5H3,(H,27,33)(H,26,29,32)/t15-,17-,19-,21-,24-,38?/m1/s1. The zero-order valence-electron chi connectivity index (χ0n) is 21.8. The lowest BCUT2D eigenvalue weighted by Gasteiger charge is -2.26. The largest absolute Gasteiger partial charge is 0.464 e. The molecule has 1 saturated heterocycles. The second-order valence-electron chi connectivity index (χ2n) is 10.4. The van der Waals surface area contributed by atoms with Gasteiger partial charge < -0.3 is 19.1 Å². The first-order valence-corrected chi connectivity index (χ1v) is 13.8. The lowest BCUT2D eigenvalue weighted by atomic mass is 9.99. The number of aromatic nitrogens is 2. The third kappa shape index (κ3) is 7.56. The molecule has 0 radical (unpaired) electrons. The number of H-pyrrole nitrogens is 1. The first kappa shape index (κ1) is 30.1. The van der Waals surface area contributed by atoms with Crippen molar-refractivity contribution >= 4 is 25.3 Å². The van der Waals surface area contributed by atoms with Crippen LogP contribution in [-0.4, -0.2) is 57.0 Å². The summed E-state index contributed by atoms with van der Waals surface area (Å²) in [6.07, 6.45) is -2.53.